The summed E-state index contributed by atoms with van der Waals surface area (Å²) in [4.78, 5) is 90.9. The summed E-state index contributed by atoms with van der Waals surface area (Å²) in [5, 5.41) is 24.7. The number of fused-ring (bicyclic) bond motifs is 2. The Hall–Kier alpha value is -15.7. The fraction of sp³-hybridized carbons (Fsp3) is 0. The van der Waals surface area contributed by atoms with E-state index in [2.05, 4.69) is 24.3 Å². The number of benzene rings is 22. The average Bonchev–Trinajstić information content (AvgIpc) is 0.697. The van der Waals surface area contributed by atoms with Gasteiger partial charge in [-0.1, -0.05) is 255 Å². The molecule has 0 aliphatic carbocycles. The Morgan fingerprint density at radius 2 is 0.386 bits per heavy atom. The molecule has 114 heavy (non-hydrogen) atoms. The van der Waals surface area contributed by atoms with Crippen molar-refractivity contribution in [2.75, 3.05) is 0 Å². The molecule has 0 aromatic heterocycles. The molecule has 0 atom stereocenters. The van der Waals surface area contributed by atoms with Crippen molar-refractivity contribution in [2.45, 2.75) is 0 Å². The number of ether oxygens (including phenoxy) is 6. The lowest BCUT2D eigenvalue weighted by Crippen LogP contribution is -2.15. The summed E-state index contributed by atoms with van der Waals surface area (Å²) < 4.78 is 38.6. The first-order valence-electron chi connectivity index (χ1n) is 37.3. The van der Waals surface area contributed by atoms with E-state index in [1.807, 2.05) is 218 Å². The van der Waals surface area contributed by atoms with Crippen LogP contribution in [0, 0.1) is 0 Å². The van der Waals surface area contributed by atoms with Gasteiger partial charge < -0.3 is 28.4 Å². The molecule has 0 N–H and O–H groups in total. The van der Waals surface area contributed by atoms with Crippen molar-refractivity contribution >= 4 is 187 Å². The number of hydrogen-bond donors (Lipinski definition) is 0. The van der Waals surface area contributed by atoms with Crippen molar-refractivity contribution in [2.24, 2.45) is 0 Å². The van der Waals surface area contributed by atoms with Crippen LogP contribution in [0.15, 0.2) is 328 Å². The van der Waals surface area contributed by atoms with Crippen LogP contribution in [0.1, 0.15) is 62.1 Å². The normalized spacial score (nSPS) is 11.9. The third kappa shape index (κ3) is 10.5. The van der Waals surface area contributed by atoms with Crippen LogP contribution in [0.3, 0.4) is 0 Å². The van der Waals surface area contributed by atoms with Gasteiger partial charge >= 0.3 is 35.8 Å². The molecule has 0 radical (unpaired) electrons. The van der Waals surface area contributed by atoms with E-state index >= 15 is 9.59 Å². The fourth-order valence-corrected chi connectivity index (χ4v) is 17.4. The molecule has 0 aliphatic rings. The summed E-state index contributed by atoms with van der Waals surface area (Å²) in [6.45, 7) is 0. The minimum absolute atomic E-state index is 0.0252. The van der Waals surface area contributed by atoms with Gasteiger partial charge in [-0.15, -0.1) is 0 Å². The van der Waals surface area contributed by atoms with E-state index in [9.17, 15) is 19.2 Å². The van der Waals surface area contributed by atoms with Crippen LogP contribution in [0.5, 0.6) is 34.5 Å². The van der Waals surface area contributed by atoms with Crippen LogP contribution >= 0.6 is 0 Å². The Morgan fingerprint density at radius 3 is 0.658 bits per heavy atom. The number of carbonyl (C=O) groups is 6. The Kier molecular flexibility index (Phi) is 14.6. The van der Waals surface area contributed by atoms with E-state index in [1.165, 1.54) is 36.4 Å². The molecule has 0 saturated carbocycles. The highest BCUT2D eigenvalue weighted by atomic mass is 16.6. The number of carbonyl (C=O) groups excluding carboxylic acids is 6. The van der Waals surface area contributed by atoms with Crippen LogP contribution in [0.2, 0.25) is 0 Å². The molecule has 22 aromatic rings. The zero-order valence-electron chi connectivity index (χ0n) is 60.1. The lowest BCUT2D eigenvalue weighted by Gasteiger charge is -2.19. The van der Waals surface area contributed by atoms with E-state index in [4.69, 9.17) is 28.4 Å². The molecular weight excluding hydrogens is 1420 g/mol. The predicted molar refractivity (Wildman–Crippen MR) is 450 cm³/mol. The topological polar surface area (TPSA) is 158 Å². The molecule has 0 spiro atoms. The lowest BCUT2D eigenvalue weighted by molar-refractivity contribution is 0.0704. The SMILES string of the molecule is O=C(Oc1ccc2ccccc2c1-c1c(OC(=O)c2cc(OC(=O)c3ccc4ccc5cccc6ccc3c4c56)cc(OC(=O)c3ccc4ccc5cccc6ccc3c4c56)c2)ccc2ccccc12)c1cc(OC(=O)c2ccc3ccc4cccc5ccc2c3c45)cc(OC(=O)c2ccc3ccc4cccc5ccc2c3c45)c1. The number of esters is 6. The molecule has 0 fully saturated rings. The highest BCUT2D eigenvalue weighted by Gasteiger charge is 2.29. The molecule has 22 rings (SSSR count). The largest absolute Gasteiger partial charge is 0.423 e. The standard InChI is InChI=1S/C102H54O12/c103-97(69-49-71(109-99(105)81-43-33-65-25-21-57-11-5-15-61-29-39-77(81)91(65)87(57)61)53-72(50-69)110-100(106)82-44-34-66-26-22-58-12-6-16-62-30-40-78(82)92(66)88(58)62)113-85-47-37-55-9-1-3-19-75(55)95(85)96-76-20-4-2-10-56(76)38-48-86(96)114-98(104)70-51-73(111-101(107)83-45-35-67-27-23-59-13-7-17-63-31-41-79(83)93(67)89(59)63)54-74(52-70)112-102(108)84-46-36-68-28-24-60-14-8-18-64-32-42-80(84)94(68)90(60)64/h1-54H. The van der Waals surface area contributed by atoms with Gasteiger partial charge in [0.2, 0.25) is 0 Å². The van der Waals surface area contributed by atoms with Gasteiger partial charge in [-0.3, -0.25) is 0 Å². The monoisotopic (exact) mass is 1470 g/mol. The van der Waals surface area contributed by atoms with E-state index < -0.39 is 35.8 Å². The maximum atomic E-state index is 15.6. The second kappa shape index (κ2) is 25.5. The molecule has 0 unspecified atom stereocenters. The van der Waals surface area contributed by atoms with Gasteiger partial charge in [0.25, 0.3) is 0 Å². The van der Waals surface area contributed by atoms with Crippen LogP contribution < -0.4 is 28.4 Å². The zero-order valence-corrected chi connectivity index (χ0v) is 60.1. The fourth-order valence-electron chi connectivity index (χ4n) is 17.4. The maximum absolute atomic E-state index is 15.6. The van der Waals surface area contributed by atoms with Crippen molar-refractivity contribution in [3.8, 4) is 45.6 Å². The molecule has 0 aliphatic heterocycles. The van der Waals surface area contributed by atoms with Crippen molar-refractivity contribution in [1.29, 1.82) is 0 Å². The Morgan fingerprint density at radius 1 is 0.167 bits per heavy atom. The Bertz CT molecular complexity index is 7060. The predicted octanol–water partition coefficient (Wildman–Crippen LogP) is 24.6. The van der Waals surface area contributed by atoms with Gasteiger partial charge in [0.1, 0.15) is 34.5 Å². The van der Waals surface area contributed by atoms with E-state index in [0.29, 0.717) is 43.4 Å². The Balaban J connectivity index is 0.643. The molecule has 12 nitrogen and oxygen atoms in total. The first-order valence-corrected chi connectivity index (χ1v) is 37.3. The molecule has 0 bridgehead atoms. The second-order valence-corrected chi connectivity index (χ2v) is 28.9. The summed E-state index contributed by atoms with van der Waals surface area (Å²) in [5.41, 5.74) is 1.43. The molecule has 12 heteroatoms. The van der Waals surface area contributed by atoms with Gasteiger partial charge in [-0.05, 0) is 211 Å². The zero-order chi connectivity index (χ0) is 76.1. The maximum Gasteiger partial charge on any atom is 0.344 e. The van der Waals surface area contributed by atoms with Gasteiger partial charge in [0.15, 0.2) is 0 Å². The molecule has 0 amide bonds. The van der Waals surface area contributed by atoms with Crippen LogP contribution in [0.25, 0.3) is 162 Å². The van der Waals surface area contributed by atoms with Crippen LogP contribution in [-0.4, -0.2) is 35.8 Å². The highest BCUT2D eigenvalue weighted by molar-refractivity contribution is 6.30. The minimum atomic E-state index is -0.941. The van der Waals surface area contributed by atoms with Crippen molar-refractivity contribution in [1.82, 2.24) is 0 Å². The molecule has 534 valence electrons. The highest BCUT2D eigenvalue weighted by Crippen LogP contribution is 2.48. The second-order valence-electron chi connectivity index (χ2n) is 28.9. The van der Waals surface area contributed by atoms with E-state index in [0.717, 1.165) is 118 Å². The Labute approximate surface area is 646 Å². The first kappa shape index (κ1) is 65.4. The quantitative estimate of drug-likeness (QED) is 0.0612. The number of rotatable bonds is 13. The molecule has 0 heterocycles. The lowest BCUT2D eigenvalue weighted by atomic mass is 9.92. The minimum Gasteiger partial charge on any atom is -0.423 e. The van der Waals surface area contributed by atoms with E-state index in [-0.39, 0.29) is 67.9 Å². The summed E-state index contributed by atoms with van der Waals surface area (Å²) in [5.74, 6) is -5.28. The summed E-state index contributed by atoms with van der Waals surface area (Å²) in [6, 6.07) is 101. The third-order valence-electron chi connectivity index (χ3n) is 22.5. The molecular formula is C102H54O12. The smallest absolute Gasteiger partial charge is 0.344 e. The molecule has 22 aromatic carbocycles. The van der Waals surface area contributed by atoms with Crippen molar-refractivity contribution < 1.29 is 57.2 Å². The third-order valence-corrected chi connectivity index (χ3v) is 22.5. The number of hydrogen-bond acceptors (Lipinski definition) is 12. The summed E-state index contributed by atoms with van der Waals surface area (Å²) in [6.07, 6.45) is 0. The van der Waals surface area contributed by atoms with Crippen LogP contribution in [-0.2, 0) is 0 Å². The van der Waals surface area contributed by atoms with Crippen molar-refractivity contribution in [3.05, 3.63) is 361 Å². The first-order chi connectivity index (χ1) is 55.9. The van der Waals surface area contributed by atoms with Gasteiger partial charge in [-0.2, -0.15) is 0 Å². The van der Waals surface area contributed by atoms with Crippen LogP contribution in [0.4, 0.5) is 0 Å². The summed E-state index contributed by atoms with van der Waals surface area (Å²) >= 11 is 0. The van der Waals surface area contributed by atoms with Crippen molar-refractivity contribution in [3.63, 3.8) is 0 Å². The average molecular weight is 1470 g/mol. The van der Waals surface area contributed by atoms with Gasteiger partial charge in [0, 0.05) is 23.3 Å². The van der Waals surface area contributed by atoms with Gasteiger partial charge in [0.05, 0.1) is 33.4 Å². The molecule has 0 saturated heterocycles. The summed E-state index contributed by atoms with van der Waals surface area (Å²) in [7, 11) is 0. The van der Waals surface area contributed by atoms with Gasteiger partial charge in [-0.25, -0.2) is 28.8 Å². The van der Waals surface area contributed by atoms with E-state index in [1.54, 1.807) is 48.5 Å².